The summed E-state index contributed by atoms with van der Waals surface area (Å²) in [7, 11) is -4.33. The van der Waals surface area contributed by atoms with E-state index in [1.54, 1.807) is 11.8 Å². The Bertz CT molecular complexity index is 1160. The number of unbranched alkanes of at least 4 members (excludes halogenated alkanes) is 3. The first kappa shape index (κ1) is 30.0. The molecule has 8 heteroatoms. The van der Waals surface area contributed by atoms with E-state index in [1.807, 2.05) is 24.3 Å². The van der Waals surface area contributed by atoms with Crippen molar-refractivity contribution in [2.24, 2.45) is 0 Å². The molecule has 2 heterocycles. The zero-order chi connectivity index (χ0) is 27.8. The molecular weight excluding hydrogens is 526 g/mol. The van der Waals surface area contributed by atoms with Gasteiger partial charge in [0.05, 0.1) is 11.4 Å². The van der Waals surface area contributed by atoms with Gasteiger partial charge in [-0.05, 0) is 56.1 Å². The molecule has 2 aromatic carbocycles. The highest BCUT2D eigenvalue weighted by Gasteiger charge is 2.43. The number of fused-ring (bicyclic) bond motifs is 2. The first-order chi connectivity index (χ1) is 18.9. The number of benzene rings is 2. The Morgan fingerprint density at radius 2 is 1.44 bits per heavy atom. The molecule has 39 heavy (non-hydrogen) atoms. The van der Waals surface area contributed by atoms with Crippen LogP contribution in [0.4, 0.5) is 11.4 Å². The number of rotatable bonds is 14. The Balaban J connectivity index is 1.69. The lowest BCUT2D eigenvalue weighted by Crippen LogP contribution is -2.61. The van der Waals surface area contributed by atoms with E-state index in [-0.39, 0.29) is 6.04 Å². The van der Waals surface area contributed by atoms with E-state index in [2.05, 4.69) is 72.0 Å². The molecule has 3 unspecified atom stereocenters. The molecule has 2 aliphatic heterocycles. The largest absolute Gasteiger partial charge is 0.361 e. The van der Waals surface area contributed by atoms with Crippen LogP contribution < -0.4 is 4.90 Å². The third-order valence-corrected chi connectivity index (χ3v) is 10.3. The van der Waals surface area contributed by atoms with Crippen LogP contribution in [0.3, 0.4) is 0 Å². The predicted molar refractivity (Wildman–Crippen MR) is 163 cm³/mol. The summed E-state index contributed by atoms with van der Waals surface area (Å²) in [5.74, 6) is 0. The fraction of sp³-hybridized carbons (Fsp3) is 0.548. The van der Waals surface area contributed by atoms with E-state index >= 15 is 0 Å². The molecule has 0 amide bonds. The van der Waals surface area contributed by atoms with Crippen LogP contribution in [0.5, 0.6) is 0 Å². The number of hydrogen-bond donors (Lipinski definition) is 1. The summed E-state index contributed by atoms with van der Waals surface area (Å²) < 4.78 is 37.2. The Morgan fingerprint density at radius 3 is 2.03 bits per heavy atom. The average Bonchev–Trinajstić information content (AvgIpc) is 2.93. The van der Waals surface area contributed by atoms with Crippen LogP contribution in [0.2, 0.25) is 0 Å². The van der Waals surface area contributed by atoms with Crippen LogP contribution in [0.1, 0.15) is 72.1 Å². The number of anilines is 2. The molecule has 2 aliphatic rings. The molecular formula is C31H45N3O3S2. The van der Waals surface area contributed by atoms with Crippen LogP contribution in [0.15, 0.2) is 70.6 Å². The lowest BCUT2D eigenvalue weighted by molar-refractivity contribution is 0.0267. The molecule has 1 N–H and O–H groups in total. The van der Waals surface area contributed by atoms with Crippen molar-refractivity contribution < 1.29 is 13.0 Å². The SMILES string of the molecule is CCCCC1C=CN(CCCC)C(C(CCN2c3ccccc3Sc3ccccc32)S(=O)(=O)O)N1CCCC. The second-order valence-electron chi connectivity index (χ2n) is 10.7. The second kappa shape index (κ2) is 14.1. The molecule has 2 aromatic rings. The van der Waals surface area contributed by atoms with Crippen molar-refractivity contribution in [2.45, 2.75) is 99.4 Å². The van der Waals surface area contributed by atoms with E-state index in [1.165, 1.54) is 0 Å². The third kappa shape index (κ3) is 7.20. The van der Waals surface area contributed by atoms with Crippen molar-refractivity contribution in [2.75, 3.05) is 24.5 Å². The van der Waals surface area contributed by atoms with Crippen molar-refractivity contribution in [3.8, 4) is 0 Å². The number of nitrogens with zero attached hydrogens (tertiary/aromatic N) is 3. The summed E-state index contributed by atoms with van der Waals surface area (Å²) in [6, 6.07) is 16.8. The molecule has 3 atom stereocenters. The normalized spacial score (nSPS) is 20.1. The van der Waals surface area contributed by atoms with Crippen molar-refractivity contribution in [3.63, 3.8) is 0 Å². The highest BCUT2D eigenvalue weighted by molar-refractivity contribution is 7.99. The average molecular weight is 572 g/mol. The summed E-state index contributed by atoms with van der Waals surface area (Å²) in [4.78, 5) is 9.12. The van der Waals surface area contributed by atoms with Gasteiger partial charge in [-0.2, -0.15) is 8.42 Å². The smallest absolute Gasteiger partial charge is 0.271 e. The first-order valence-corrected chi connectivity index (χ1v) is 17.0. The van der Waals surface area contributed by atoms with Gasteiger partial charge >= 0.3 is 0 Å². The van der Waals surface area contributed by atoms with Gasteiger partial charge < -0.3 is 9.80 Å². The van der Waals surface area contributed by atoms with Gasteiger partial charge in [0.2, 0.25) is 0 Å². The van der Waals surface area contributed by atoms with Gasteiger partial charge in [0.15, 0.2) is 0 Å². The maximum absolute atomic E-state index is 13.2. The first-order valence-electron chi connectivity index (χ1n) is 14.7. The summed E-state index contributed by atoms with van der Waals surface area (Å²) in [5, 5.41) is -0.922. The van der Waals surface area contributed by atoms with Gasteiger partial charge in [0.25, 0.3) is 10.1 Å². The lowest BCUT2D eigenvalue weighted by Gasteiger charge is -2.49. The highest BCUT2D eigenvalue weighted by atomic mass is 32.2. The molecule has 0 fully saturated rings. The Hall–Kier alpha value is -2.00. The fourth-order valence-corrected chi connectivity index (χ4v) is 7.93. The zero-order valence-electron chi connectivity index (χ0n) is 23.7. The zero-order valence-corrected chi connectivity index (χ0v) is 25.3. The topological polar surface area (TPSA) is 64.1 Å². The highest BCUT2D eigenvalue weighted by Crippen LogP contribution is 2.48. The monoisotopic (exact) mass is 571 g/mol. The van der Waals surface area contributed by atoms with Crippen LogP contribution in [-0.2, 0) is 10.1 Å². The maximum Gasteiger partial charge on any atom is 0.271 e. The Kier molecular flexibility index (Phi) is 10.8. The number of hydrogen-bond acceptors (Lipinski definition) is 6. The maximum atomic E-state index is 13.2. The van der Waals surface area contributed by atoms with E-state index in [4.69, 9.17) is 0 Å². The summed E-state index contributed by atoms with van der Waals surface area (Å²) in [5.41, 5.74) is 2.18. The molecule has 0 bridgehead atoms. The van der Waals surface area contributed by atoms with Crippen LogP contribution in [-0.4, -0.2) is 59.9 Å². The van der Waals surface area contributed by atoms with Crippen molar-refractivity contribution >= 4 is 33.3 Å². The molecule has 0 saturated carbocycles. The van der Waals surface area contributed by atoms with Crippen LogP contribution >= 0.6 is 11.8 Å². The molecule has 4 rings (SSSR count). The Morgan fingerprint density at radius 1 is 0.846 bits per heavy atom. The van der Waals surface area contributed by atoms with Gasteiger partial charge in [-0.1, -0.05) is 88.6 Å². The van der Waals surface area contributed by atoms with E-state index in [9.17, 15) is 13.0 Å². The minimum atomic E-state index is -4.33. The minimum absolute atomic E-state index is 0.177. The fourth-order valence-electron chi connectivity index (χ4n) is 5.81. The summed E-state index contributed by atoms with van der Waals surface area (Å²) >= 11 is 1.75. The van der Waals surface area contributed by atoms with Crippen molar-refractivity contribution in [1.82, 2.24) is 9.80 Å². The molecule has 6 nitrogen and oxygen atoms in total. The summed E-state index contributed by atoms with van der Waals surface area (Å²) in [6.45, 7) is 8.63. The number of para-hydroxylation sites is 2. The van der Waals surface area contributed by atoms with Gasteiger partial charge in [-0.3, -0.25) is 9.45 Å². The predicted octanol–water partition coefficient (Wildman–Crippen LogP) is 7.55. The molecule has 214 valence electrons. The molecule has 0 radical (unpaired) electrons. The van der Waals surface area contributed by atoms with Gasteiger partial charge in [0.1, 0.15) is 11.4 Å². The summed E-state index contributed by atoms with van der Waals surface area (Å²) in [6.07, 6.45) is 11.5. The second-order valence-corrected chi connectivity index (χ2v) is 13.4. The minimum Gasteiger partial charge on any atom is -0.361 e. The molecule has 0 saturated heterocycles. The third-order valence-electron chi connectivity index (χ3n) is 7.88. The van der Waals surface area contributed by atoms with Gasteiger partial charge in [-0.25, -0.2) is 0 Å². The van der Waals surface area contributed by atoms with Crippen molar-refractivity contribution in [3.05, 3.63) is 60.8 Å². The lowest BCUT2D eigenvalue weighted by atomic mass is 10.0. The standard InChI is InChI=1S/C31H45N3O3S2/c1-4-7-14-25-19-23-32(21-8-5-2)31(33(25)22-9-6-3)30(39(35,36)37)20-24-34-26-15-10-12-17-28(26)38-29-18-13-11-16-27(29)34/h10-13,15-19,23,25,30-31H,4-9,14,20-22,24H2,1-3H3,(H,35,36,37). The molecule has 0 aliphatic carbocycles. The van der Waals surface area contributed by atoms with Crippen LogP contribution in [0, 0.1) is 0 Å². The Labute approximate surface area is 240 Å². The molecule has 0 spiro atoms. The quantitative estimate of drug-likeness (QED) is 0.235. The van der Waals surface area contributed by atoms with Gasteiger partial charge in [0, 0.05) is 35.5 Å². The molecule has 0 aromatic heterocycles. The van der Waals surface area contributed by atoms with Crippen molar-refractivity contribution in [1.29, 1.82) is 0 Å². The van der Waals surface area contributed by atoms with Gasteiger partial charge in [-0.15, -0.1) is 0 Å². The van der Waals surface area contributed by atoms with E-state index in [0.717, 1.165) is 79.2 Å². The van der Waals surface area contributed by atoms with Crippen LogP contribution in [0.25, 0.3) is 0 Å². The van der Waals surface area contributed by atoms with E-state index < -0.39 is 21.5 Å². The van der Waals surface area contributed by atoms with E-state index in [0.29, 0.717) is 13.0 Å².